The second-order valence-corrected chi connectivity index (χ2v) is 3.10. The van der Waals surface area contributed by atoms with Gasteiger partial charge in [0.15, 0.2) is 11.5 Å². The normalized spacial score (nSPS) is 10.4. The van der Waals surface area contributed by atoms with Gasteiger partial charge in [0.25, 0.3) is 10.4 Å². The van der Waals surface area contributed by atoms with Gasteiger partial charge in [0, 0.05) is 0 Å². The second-order valence-electron chi connectivity index (χ2n) is 2.12. The molecule has 0 heterocycles. The van der Waals surface area contributed by atoms with E-state index in [2.05, 4.69) is 4.18 Å². The minimum atomic E-state index is -4.99. The van der Waals surface area contributed by atoms with E-state index < -0.39 is 27.6 Å². The van der Waals surface area contributed by atoms with Crippen molar-refractivity contribution in [2.45, 2.75) is 0 Å². The Labute approximate surface area is 102 Å². The molecule has 0 spiro atoms. The molecular formula is C6H5NaO6S. The van der Waals surface area contributed by atoms with E-state index >= 15 is 0 Å². The van der Waals surface area contributed by atoms with E-state index in [0.717, 1.165) is 12.1 Å². The summed E-state index contributed by atoms with van der Waals surface area (Å²) in [6.45, 7) is 0. The number of hydrogen-bond acceptors (Lipinski definition) is 6. The molecule has 0 atom stereocenters. The zero-order valence-corrected chi connectivity index (χ0v) is 9.98. The predicted octanol–water partition coefficient (Wildman–Crippen LogP) is -3.06. The molecule has 8 heteroatoms. The van der Waals surface area contributed by atoms with Crippen LogP contribution in [0.1, 0.15) is 0 Å². The molecule has 72 valence electrons. The van der Waals surface area contributed by atoms with Gasteiger partial charge >= 0.3 is 29.6 Å². The van der Waals surface area contributed by atoms with Gasteiger partial charge in [0.1, 0.15) is 0 Å². The molecular weight excluding hydrogens is 223 g/mol. The number of benzene rings is 1. The summed E-state index contributed by atoms with van der Waals surface area (Å²) in [6, 6.07) is 3.40. The van der Waals surface area contributed by atoms with Gasteiger partial charge in [-0.25, -0.2) is 8.42 Å². The Morgan fingerprint density at radius 1 is 1.21 bits per heavy atom. The van der Waals surface area contributed by atoms with Gasteiger partial charge in [-0.3, -0.25) is 0 Å². The van der Waals surface area contributed by atoms with Crippen LogP contribution in [-0.2, 0) is 10.4 Å². The van der Waals surface area contributed by atoms with Crippen LogP contribution in [0.4, 0.5) is 0 Å². The van der Waals surface area contributed by atoms with Crippen molar-refractivity contribution in [3.8, 4) is 17.2 Å². The number of rotatable bonds is 2. The number of hydrogen-bond donors (Lipinski definition) is 2. The van der Waals surface area contributed by atoms with Crippen LogP contribution in [-0.4, -0.2) is 23.2 Å². The molecule has 1 aromatic carbocycles. The Balaban J connectivity index is 0.00000169. The van der Waals surface area contributed by atoms with Crippen LogP contribution in [0.2, 0.25) is 0 Å². The Morgan fingerprint density at radius 2 is 1.64 bits per heavy atom. The van der Waals surface area contributed by atoms with E-state index in [1.807, 2.05) is 0 Å². The number of para-hydroxylation sites is 1. The van der Waals surface area contributed by atoms with E-state index in [9.17, 15) is 13.0 Å². The Hall–Kier alpha value is -0.470. The molecule has 6 nitrogen and oxygen atoms in total. The van der Waals surface area contributed by atoms with Crippen molar-refractivity contribution in [2.24, 2.45) is 0 Å². The molecule has 0 fully saturated rings. The van der Waals surface area contributed by atoms with Crippen LogP contribution in [0.5, 0.6) is 17.2 Å². The average Bonchev–Trinajstić information content (AvgIpc) is 1.95. The van der Waals surface area contributed by atoms with Gasteiger partial charge in [-0.05, 0) is 12.1 Å². The Kier molecular flexibility index (Phi) is 4.69. The molecule has 0 amide bonds. The Bertz CT molecular complexity index is 394. The first-order valence-corrected chi connectivity index (χ1v) is 4.40. The van der Waals surface area contributed by atoms with Crippen molar-refractivity contribution >= 4 is 10.4 Å². The number of aromatic hydroxyl groups is 2. The largest absolute Gasteiger partial charge is 1.00 e. The van der Waals surface area contributed by atoms with Gasteiger partial charge in [-0.15, -0.1) is 0 Å². The number of phenolic OH excluding ortho intramolecular Hbond substituents is 2. The van der Waals surface area contributed by atoms with E-state index in [1.54, 1.807) is 0 Å². The summed E-state index contributed by atoms with van der Waals surface area (Å²) in [5.74, 6) is -2.02. The van der Waals surface area contributed by atoms with Crippen molar-refractivity contribution in [3.05, 3.63) is 18.2 Å². The summed E-state index contributed by atoms with van der Waals surface area (Å²) in [7, 11) is -4.99. The minimum Gasteiger partial charge on any atom is -0.716 e. The zero-order chi connectivity index (χ0) is 10.1. The van der Waals surface area contributed by atoms with Crippen molar-refractivity contribution in [3.63, 3.8) is 0 Å². The van der Waals surface area contributed by atoms with Crippen LogP contribution in [0.25, 0.3) is 0 Å². The molecule has 0 bridgehead atoms. The van der Waals surface area contributed by atoms with E-state index in [0.29, 0.717) is 0 Å². The molecule has 0 saturated carbocycles. The summed E-state index contributed by atoms with van der Waals surface area (Å²) in [5, 5.41) is 17.9. The average molecular weight is 228 g/mol. The Morgan fingerprint density at radius 3 is 2.00 bits per heavy atom. The summed E-state index contributed by atoms with van der Waals surface area (Å²) >= 11 is 0. The van der Waals surface area contributed by atoms with E-state index in [4.69, 9.17) is 10.2 Å². The third kappa shape index (κ3) is 3.72. The molecule has 0 aromatic heterocycles. The molecule has 0 aliphatic rings. The first-order valence-electron chi connectivity index (χ1n) is 3.06. The van der Waals surface area contributed by atoms with Gasteiger partial charge in [-0.2, -0.15) is 0 Å². The molecule has 1 rings (SSSR count). The maximum Gasteiger partial charge on any atom is 1.00 e. The smallest absolute Gasteiger partial charge is 0.716 e. The van der Waals surface area contributed by atoms with Crippen LogP contribution in [0, 0.1) is 0 Å². The van der Waals surface area contributed by atoms with Gasteiger partial charge in [0.2, 0.25) is 5.75 Å². The maximum atomic E-state index is 10.1. The molecule has 0 aliphatic carbocycles. The molecule has 0 unspecified atom stereocenters. The quantitative estimate of drug-likeness (QED) is 0.316. The SMILES string of the molecule is O=S(=O)([O-])Oc1c(O)cccc1O.[Na+]. The predicted molar refractivity (Wildman–Crippen MR) is 40.1 cm³/mol. The summed E-state index contributed by atoms with van der Waals surface area (Å²) in [4.78, 5) is 0. The first kappa shape index (κ1) is 13.5. The summed E-state index contributed by atoms with van der Waals surface area (Å²) in [6.07, 6.45) is 0. The van der Waals surface area contributed by atoms with Crippen LogP contribution < -0.4 is 33.7 Å². The van der Waals surface area contributed by atoms with Gasteiger partial charge in [-0.1, -0.05) is 6.07 Å². The maximum absolute atomic E-state index is 10.1. The molecule has 14 heavy (non-hydrogen) atoms. The fraction of sp³-hybridized carbons (Fsp3) is 0. The number of phenols is 2. The molecule has 2 N–H and O–H groups in total. The minimum absolute atomic E-state index is 0. The standard InChI is InChI=1S/C6H6O6S.Na/c7-4-2-1-3-5(8)6(4)12-13(9,10)11;/h1-3,7-8H,(H,9,10,11);/q;+1/p-1. The fourth-order valence-electron chi connectivity index (χ4n) is 0.700. The third-order valence-corrected chi connectivity index (χ3v) is 1.53. The van der Waals surface area contributed by atoms with Crippen molar-refractivity contribution in [2.75, 3.05) is 0 Å². The molecule has 1 aromatic rings. The molecule has 0 radical (unpaired) electrons. The zero-order valence-electron chi connectivity index (χ0n) is 7.17. The molecule has 0 saturated heterocycles. The summed E-state index contributed by atoms with van der Waals surface area (Å²) < 4.78 is 34.1. The fourth-order valence-corrected chi connectivity index (χ4v) is 1.08. The van der Waals surface area contributed by atoms with Crippen molar-refractivity contribution in [1.29, 1.82) is 0 Å². The monoisotopic (exact) mass is 228 g/mol. The van der Waals surface area contributed by atoms with E-state index in [1.165, 1.54) is 6.07 Å². The van der Waals surface area contributed by atoms with Gasteiger partial charge < -0.3 is 18.9 Å². The second kappa shape index (κ2) is 4.85. The molecule has 0 aliphatic heterocycles. The topological polar surface area (TPSA) is 107 Å². The van der Waals surface area contributed by atoms with Gasteiger partial charge in [0.05, 0.1) is 0 Å². The van der Waals surface area contributed by atoms with E-state index in [-0.39, 0.29) is 29.6 Å². The van der Waals surface area contributed by atoms with Crippen LogP contribution >= 0.6 is 0 Å². The van der Waals surface area contributed by atoms with Crippen molar-refractivity contribution in [1.82, 2.24) is 0 Å². The third-order valence-electron chi connectivity index (χ3n) is 1.16. The van der Waals surface area contributed by atoms with Crippen molar-refractivity contribution < 1.29 is 56.9 Å². The van der Waals surface area contributed by atoms with Crippen LogP contribution in [0.3, 0.4) is 0 Å². The van der Waals surface area contributed by atoms with Crippen LogP contribution in [0.15, 0.2) is 18.2 Å². The summed E-state index contributed by atoms with van der Waals surface area (Å²) in [5.41, 5.74) is 0. The first-order chi connectivity index (χ1) is 5.90.